The number of piperidine rings is 1. The van der Waals surface area contributed by atoms with Gasteiger partial charge in [-0.05, 0) is 100 Å². The van der Waals surface area contributed by atoms with Crippen LogP contribution < -0.4 is 10.2 Å². The van der Waals surface area contributed by atoms with Crippen molar-refractivity contribution in [3.63, 3.8) is 0 Å². The second kappa shape index (κ2) is 14.2. The number of benzene rings is 2. The Bertz CT molecular complexity index is 1370. The number of carbonyl (C=O) groups excluding carboxylic acids is 2. The number of anilines is 2. The minimum Gasteiger partial charge on any atom is -0.371 e. The van der Waals surface area contributed by atoms with Gasteiger partial charge in [0.15, 0.2) is 0 Å². The highest BCUT2D eigenvalue weighted by atomic mass is 19.1. The van der Waals surface area contributed by atoms with E-state index in [0.717, 1.165) is 49.7 Å². The first-order chi connectivity index (χ1) is 20.9. The lowest BCUT2D eigenvalue weighted by Crippen LogP contribution is -2.47. The molecule has 43 heavy (non-hydrogen) atoms. The molecule has 3 heterocycles. The molecule has 2 atom stereocenters. The third-order valence-electron chi connectivity index (χ3n) is 9.15. The molecule has 2 aromatic carbocycles. The van der Waals surface area contributed by atoms with Crippen molar-refractivity contribution in [2.45, 2.75) is 65.0 Å². The van der Waals surface area contributed by atoms with Crippen LogP contribution in [0.3, 0.4) is 0 Å². The van der Waals surface area contributed by atoms with Crippen molar-refractivity contribution in [2.24, 2.45) is 5.92 Å². The van der Waals surface area contributed by atoms with Crippen LogP contribution in [0.5, 0.6) is 0 Å². The summed E-state index contributed by atoms with van der Waals surface area (Å²) in [5, 5.41) is 3.17. The Hall–Kier alpha value is -3.71. The quantitative estimate of drug-likeness (QED) is 0.251. The third kappa shape index (κ3) is 7.10. The maximum Gasteiger partial charge on any atom is 0.257 e. The zero-order valence-electron chi connectivity index (χ0n) is 25.7. The summed E-state index contributed by atoms with van der Waals surface area (Å²) >= 11 is 0. The average molecular weight is 585 g/mol. The van der Waals surface area contributed by atoms with E-state index >= 15 is 4.39 Å². The molecule has 0 radical (unpaired) electrons. The van der Waals surface area contributed by atoms with Gasteiger partial charge in [-0.3, -0.25) is 14.5 Å². The van der Waals surface area contributed by atoms with Crippen LogP contribution in [-0.4, -0.2) is 54.3 Å². The van der Waals surface area contributed by atoms with Gasteiger partial charge in [-0.15, -0.1) is 0 Å². The van der Waals surface area contributed by atoms with E-state index in [1.54, 1.807) is 18.7 Å². The number of hydrogen-bond donors (Lipinski definition) is 1. The Morgan fingerprint density at radius 2 is 1.67 bits per heavy atom. The molecule has 7 heteroatoms. The molecule has 5 rings (SSSR count). The van der Waals surface area contributed by atoms with Crippen molar-refractivity contribution in [3.8, 4) is 0 Å². The largest absolute Gasteiger partial charge is 0.371 e. The Kier molecular flexibility index (Phi) is 10.1. The standard InChI is InChI=1S/C36H45FN4O2/c1-4-26(3)33(32(37)5-2)36(43)41-23-11-14-31(34(41)28-17-15-27(16-18-28)25-39-19-6-7-20-39)35(42)38-29-12-10-13-30(24-29)40-21-8-9-22-40/h4-5,10,12-13,15-18,24,31,34H,1,6-9,11,14,19-23,25H2,2-3H3,(H,38,42)/b32-5+,33-26+/t31-,34-/m0/s1. The van der Waals surface area contributed by atoms with Crippen LogP contribution in [0.15, 0.2) is 84.2 Å². The van der Waals surface area contributed by atoms with E-state index in [0.29, 0.717) is 25.0 Å². The molecule has 6 nitrogen and oxygen atoms in total. The van der Waals surface area contributed by atoms with Crippen LogP contribution in [0.4, 0.5) is 15.8 Å². The molecular weight excluding hydrogens is 539 g/mol. The molecule has 0 spiro atoms. The number of hydrogen-bond acceptors (Lipinski definition) is 4. The molecule has 3 aliphatic heterocycles. The molecule has 0 unspecified atom stereocenters. The smallest absolute Gasteiger partial charge is 0.257 e. The van der Waals surface area contributed by atoms with E-state index in [9.17, 15) is 9.59 Å². The highest BCUT2D eigenvalue weighted by molar-refractivity contribution is 6.00. The molecule has 0 aromatic heterocycles. The van der Waals surface area contributed by atoms with Crippen LogP contribution in [0.1, 0.15) is 69.5 Å². The summed E-state index contributed by atoms with van der Waals surface area (Å²) in [6.45, 7) is 12.7. The zero-order chi connectivity index (χ0) is 30.3. The van der Waals surface area contributed by atoms with Gasteiger partial charge in [-0.2, -0.15) is 0 Å². The summed E-state index contributed by atoms with van der Waals surface area (Å²) in [7, 11) is 0. The summed E-state index contributed by atoms with van der Waals surface area (Å²) in [5.74, 6) is -1.60. The lowest BCUT2D eigenvalue weighted by Gasteiger charge is -2.41. The number of allylic oxidation sites excluding steroid dienone is 3. The topological polar surface area (TPSA) is 55.9 Å². The highest BCUT2D eigenvalue weighted by Crippen LogP contribution is 2.39. The Labute approximate surface area is 255 Å². The van der Waals surface area contributed by atoms with Crippen LogP contribution in [-0.2, 0) is 16.1 Å². The molecule has 3 saturated heterocycles. The molecule has 3 aliphatic rings. The molecule has 0 aliphatic carbocycles. The van der Waals surface area contributed by atoms with Gasteiger partial charge in [0.25, 0.3) is 5.91 Å². The minimum atomic E-state index is -0.576. The lowest BCUT2D eigenvalue weighted by molar-refractivity contribution is -0.135. The van der Waals surface area contributed by atoms with Gasteiger partial charge < -0.3 is 15.1 Å². The van der Waals surface area contributed by atoms with E-state index in [-0.39, 0.29) is 11.5 Å². The van der Waals surface area contributed by atoms with Gasteiger partial charge in [0.1, 0.15) is 5.83 Å². The molecule has 0 bridgehead atoms. The Balaban J connectivity index is 1.46. The molecule has 2 amide bonds. The van der Waals surface area contributed by atoms with Crippen LogP contribution in [0.2, 0.25) is 0 Å². The fraction of sp³-hybridized carbons (Fsp3) is 0.444. The monoisotopic (exact) mass is 584 g/mol. The molecular formula is C36H45FN4O2. The van der Waals surface area contributed by atoms with Gasteiger partial charge in [-0.1, -0.05) is 49.1 Å². The third-order valence-corrected chi connectivity index (χ3v) is 9.15. The maximum atomic E-state index is 15.1. The van der Waals surface area contributed by atoms with Gasteiger partial charge >= 0.3 is 0 Å². The predicted octanol–water partition coefficient (Wildman–Crippen LogP) is 7.18. The van der Waals surface area contributed by atoms with E-state index in [1.165, 1.54) is 43.4 Å². The van der Waals surface area contributed by atoms with Crippen molar-refractivity contribution in [1.29, 1.82) is 0 Å². The second-order valence-electron chi connectivity index (χ2n) is 12.0. The molecule has 3 fully saturated rings. The number of nitrogens with one attached hydrogen (secondary N) is 1. The molecule has 1 N–H and O–H groups in total. The first-order valence-electron chi connectivity index (χ1n) is 15.8. The van der Waals surface area contributed by atoms with Crippen LogP contribution >= 0.6 is 0 Å². The van der Waals surface area contributed by atoms with Gasteiger partial charge in [0, 0.05) is 37.6 Å². The van der Waals surface area contributed by atoms with E-state index < -0.39 is 23.7 Å². The summed E-state index contributed by atoms with van der Waals surface area (Å²) in [4.78, 5) is 34.6. The second-order valence-corrected chi connectivity index (χ2v) is 12.0. The van der Waals surface area contributed by atoms with Gasteiger partial charge in [0.2, 0.25) is 5.91 Å². The van der Waals surface area contributed by atoms with E-state index in [1.807, 2.05) is 30.3 Å². The first-order valence-corrected chi connectivity index (χ1v) is 15.8. The predicted molar refractivity (Wildman–Crippen MR) is 172 cm³/mol. The van der Waals surface area contributed by atoms with Crippen molar-refractivity contribution >= 4 is 23.2 Å². The normalized spacial score (nSPS) is 22.0. The lowest BCUT2D eigenvalue weighted by atomic mass is 9.83. The number of nitrogens with zero attached hydrogens (tertiary/aromatic N) is 3. The fourth-order valence-electron chi connectivity index (χ4n) is 6.77. The van der Waals surface area contributed by atoms with Crippen LogP contribution in [0, 0.1) is 5.92 Å². The molecule has 0 saturated carbocycles. The number of rotatable bonds is 9. The summed E-state index contributed by atoms with van der Waals surface area (Å²) in [5.41, 5.74) is 4.44. The minimum absolute atomic E-state index is 0.00697. The van der Waals surface area contributed by atoms with Crippen molar-refractivity contribution < 1.29 is 14.0 Å². The number of likely N-dealkylation sites (tertiary alicyclic amines) is 2. The average Bonchev–Trinajstić information content (AvgIpc) is 3.76. The first kappa shape index (κ1) is 30.7. The van der Waals surface area contributed by atoms with Gasteiger partial charge in [0.05, 0.1) is 17.5 Å². The number of halogens is 1. The van der Waals surface area contributed by atoms with Crippen molar-refractivity contribution in [2.75, 3.05) is 42.9 Å². The van der Waals surface area contributed by atoms with E-state index in [4.69, 9.17) is 0 Å². The summed E-state index contributed by atoms with van der Waals surface area (Å²) < 4.78 is 15.1. The van der Waals surface area contributed by atoms with Gasteiger partial charge in [-0.25, -0.2) is 4.39 Å². The van der Waals surface area contributed by atoms with Crippen molar-refractivity contribution in [3.05, 3.63) is 95.4 Å². The number of amides is 2. The Morgan fingerprint density at radius 1 is 0.977 bits per heavy atom. The maximum absolute atomic E-state index is 15.1. The summed E-state index contributed by atoms with van der Waals surface area (Å²) in [6, 6.07) is 15.8. The summed E-state index contributed by atoms with van der Waals surface area (Å²) in [6.07, 6.45) is 8.93. The molecule has 228 valence electrons. The highest BCUT2D eigenvalue weighted by Gasteiger charge is 2.41. The van der Waals surface area contributed by atoms with Crippen LogP contribution in [0.25, 0.3) is 0 Å². The number of carbonyl (C=O) groups is 2. The zero-order valence-corrected chi connectivity index (χ0v) is 25.7. The molecule has 2 aromatic rings. The van der Waals surface area contributed by atoms with Crippen molar-refractivity contribution in [1.82, 2.24) is 9.80 Å². The van der Waals surface area contributed by atoms with E-state index in [2.05, 4.69) is 39.9 Å². The Morgan fingerprint density at radius 3 is 2.35 bits per heavy atom. The fourth-order valence-corrected chi connectivity index (χ4v) is 6.77. The SMILES string of the molecule is C=C/C(C)=C(C(=O)N1CCC[C@H](C(=O)Nc2cccc(N3CCCC3)c2)[C@@H]1c1ccc(CN2CCCC2)cc1)\C(F)=C/C.